The quantitative estimate of drug-likeness (QED) is 0.886. The van der Waals surface area contributed by atoms with E-state index in [1.165, 1.54) is 11.3 Å². The van der Waals surface area contributed by atoms with Gasteiger partial charge in [-0.05, 0) is 43.0 Å². The summed E-state index contributed by atoms with van der Waals surface area (Å²) in [5.74, 6) is 0.137. The van der Waals surface area contributed by atoms with Crippen LogP contribution in [0.5, 0.6) is 0 Å². The molecule has 3 nitrogen and oxygen atoms in total. The molecule has 2 rings (SSSR count). The molecule has 1 heterocycles. The summed E-state index contributed by atoms with van der Waals surface area (Å²) in [7, 11) is 1.91. The van der Waals surface area contributed by atoms with Crippen molar-refractivity contribution in [3.8, 4) is 0 Å². The fourth-order valence-corrected chi connectivity index (χ4v) is 2.64. The van der Waals surface area contributed by atoms with Crippen LogP contribution in [0.1, 0.15) is 42.6 Å². The molecule has 0 bridgehead atoms. The van der Waals surface area contributed by atoms with Crippen molar-refractivity contribution in [2.24, 2.45) is 0 Å². The maximum Gasteiger partial charge on any atom is 0.253 e. The van der Waals surface area contributed by atoms with Gasteiger partial charge in [-0.15, -0.1) is 0 Å². The van der Waals surface area contributed by atoms with Crippen molar-refractivity contribution in [3.05, 3.63) is 29.3 Å². The van der Waals surface area contributed by atoms with Crippen LogP contribution < -0.4 is 5.32 Å². The third-order valence-electron chi connectivity index (χ3n) is 3.87. The third kappa shape index (κ3) is 2.35. The SMILES string of the molecule is CCC(CC)N(C)C(=O)c1ccc2c(c1)CCN2. The minimum atomic E-state index is 0.137. The summed E-state index contributed by atoms with van der Waals surface area (Å²) >= 11 is 0. The number of anilines is 1. The Kier molecular flexibility index (Phi) is 3.90. The van der Waals surface area contributed by atoms with E-state index in [2.05, 4.69) is 19.2 Å². The molecule has 1 aromatic carbocycles. The van der Waals surface area contributed by atoms with E-state index in [9.17, 15) is 4.79 Å². The van der Waals surface area contributed by atoms with Gasteiger partial charge in [-0.2, -0.15) is 0 Å². The van der Waals surface area contributed by atoms with E-state index in [1.54, 1.807) is 0 Å². The molecule has 0 aliphatic carbocycles. The Morgan fingerprint density at radius 2 is 2.11 bits per heavy atom. The van der Waals surface area contributed by atoms with Crippen molar-refractivity contribution in [2.75, 3.05) is 18.9 Å². The van der Waals surface area contributed by atoms with Crippen LogP contribution in [0.3, 0.4) is 0 Å². The molecule has 1 aromatic rings. The Morgan fingerprint density at radius 3 is 2.78 bits per heavy atom. The van der Waals surface area contributed by atoms with Crippen molar-refractivity contribution in [3.63, 3.8) is 0 Å². The van der Waals surface area contributed by atoms with Crippen LogP contribution in [0, 0.1) is 0 Å². The molecule has 0 spiro atoms. The number of rotatable bonds is 4. The number of benzene rings is 1. The van der Waals surface area contributed by atoms with Crippen molar-refractivity contribution in [2.45, 2.75) is 39.2 Å². The number of nitrogens with one attached hydrogen (secondary N) is 1. The number of carbonyl (C=O) groups excluding carboxylic acids is 1. The van der Waals surface area contributed by atoms with Gasteiger partial charge < -0.3 is 10.2 Å². The average Bonchev–Trinajstić information content (AvgIpc) is 2.86. The molecular formula is C15H22N2O. The predicted molar refractivity (Wildman–Crippen MR) is 75.1 cm³/mol. The van der Waals surface area contributed by atoms with Crippen LogP contribution in [-0.4, -0.2) is 30.4 Å². The topological polar surface area (TPSA) is 32.3 Å². The van der Waals surface area contributed by atoms with Crippen LogP contribution in [0.4, 0.5) is 5.69 Å². The highest BCUT2D eigenvalue weighted by atomic mass is 16.2. The van der Waals surface area contributed by atoms with Crippen molar-refractivity contribution in [1.29, 1.82) is 0 Å². The Bertz CT molecular complexity index is 438. The van der Waals surface area contributed by atoms with Gasteiger partial charge in [0.1, 0.15) is 0 Å². The number of amides is 1. The molecule has 3 heteroatoms. The predicted octanol–water partition coefficient (Wildman–Crippen LogP) is 2.92. The molecular weight excluding hydrogens is 224 g/mol. The zero-order chi connectivity index (χ0) is 13.1. The van der Waals surface area contributed by atoms with Crippen LogP contribution >= 0.6 is 0 Å². The van der Waals surface area contributed by atoms with Gasteiger partial charge in [-0.25, -0.2) is 0 Å². The van der Waals surface area contributed by atoms with Crippen molar-refractivity contribution < 1.29 is 4.79 Å². The molecule has 1 amide bonds. The summed E-state index contributed by atoms with van der Waals surface area (Å²) in [5, 5.41) is 3.32. The van der Waals surface area contributed by atoms with E-state index >= 15 is 0 Å². The van der Waals surface area contributed by atoms with E-state index in [4.69, 9.17) is 0 Å². The molecule has 0 aromatic heterocycles. The van der Waals surface area contributed by atoms with E-state index in [-0.39, 0.29) is 5.91 Å². The number of fused-ring (bicyclic) bond motifs is 1. The number of nitrogens with zero attached hydrogens (tertiary/aromatic N) is 1. The van der Waals surface area contributed by atoms with Gasteiger partial charge >= 0.3 is 0 Å². The van der Waals surface area contributed by atoms with Crippen molar-refractivity contribution in [1.82, 2.24) is 4.90 Å². The summed E-state index contributed by atoms with van der Waals surface area (Å²) in [5.41, 5.74) is 3.25. The first-order valence-electron chi connectivity index (χ1n) is 6.81. The normalized spacial score (nSPS) is 13.3. The van der Waals surface area contributed by atoms with E-state index in [1.807, 2.05) is 30.1 Å². The summed E-state index contributed by atoms with van der Waals surface area (Å²) < 4.78 is 0. The van der Waals surface area contributed by atoms with Gasteiger partial charge in [-0.3, -0.25) is 4.79 Å². The standard InChI is InChI=1S/C15H22N2O/c1-4-13(5-2)17(3)15(18)12-6-7-14-11(10-12)8-9-16-14/h6-7,10,13,16H,4-5,8-9H2,1-3H3. The molecule has 0 unspecified atom stereocenters. The Hall–Kier alpha value is -1.51. The van der Waals surface area contributed by atoms with Gasteiger partial charge in [-0.1, -0.05) is 13.8 Å². The average molecular weight is 246 g/mol. The minimum absolute atomic E-state index is 0.137. The van der Waals surface area contributed by atoms with Gasteiger partial charge in [0, 0.05) is 30.9 Å². The van der Waals surface area contributed by atoms with Crippen LogP contribution in [0.2, 0.25) is 0 Å². The molecule has 0 saturated heterocycles. The molecule has 1 aliphatic heterocycles. The molecule has 0 fully saturated rings. The minimum Gasteiger partial charge on any atom is -0.384 e. The van der Waals surface area contributed by atoms with Crippen molar-refractivity contribution >= 4 is 11.6 Å². The van der Waals surface area contributed by atoms with E-state index in [0.717, 1.165) is 31.4 Å². The molecule has 1 N–H and O–H groups in total. The fourth-order valence-electron chi connectivity index (χ4n) is 2.64. The number of hydrogen-bond acceptors (Lipinski definition) is 2. The lowest BCUT2D eigenvalue weighted by atomic mass is 10.1. The lowest BCUT2D eigenvalue weighted by molar-refractivity contribution is 0.0723. The maximum absolute atomic E-state index is 12.4. The fraction of sp³-hybridized carbons (Fsp3) is 0.533. The zero-order valence-corrected chi connectivity index (χ0v) is 11.5. The maximum atomic E-state index is 12.4. The lowest BCUT2D eigenvalue weighted by Gasteiger charge is -2.26. The second-order valence-corrected chi connectivity index (χ2v) is 4.94. The Morgan fingerprint density at radius 1 is 1.39 bits per heavy atom. The van der Waals surface area contributed by atoms with E-state index in [0.29, 0.717) is 6.04 Å². The summed E-state index contributed by atoms with van der Waals surface area (Å²) in [6.45, 7) is 5.24. The van der Waals surface area contributed by atoms with Gasteiger partial charge in [0.15, 0.2) is 0 Å². The second kappa shape index (κ2) is 5.42. The largest absolute Gasteiger partial charge is 0.384 e. The number of hydrogen-bond donors (Lipinski definition) is 1. The molecule has 0 saturated carbocycles. The third-order valence-corrected chi connectivity index (χ3v) is 3.87. The van der Waals surface area contributed by atoms with Gasteiger partial charge in [0.25, 0.3) is 5.91 Å². The Balaban J connectivity index is 2.18. The zero-order valence-electron chi connectivity index (χ0n) is 11.5. The molecule has 0 atom stereocenters. The first-order valence-corrected chi connectivity index (χ1v) is 6.81. The summed E-state index contributed by atoms with van der Waals surface area (Å²) in [4.78, 5) is 14.3. The second-order valence-electron chi connectivity index (χ2n) is 4.94. The van der Waals surface area contributed by atoms with Crippen LogP contribution in [0.15, 0.2) is 18.2 Å². The first kappa shape index (κ1) is 12.9. The van der Waals surface area contributed by atoms with Gasteiger partial charge in [0.2, 0.25) is 0 Å². The highest BCUT2D eigenvalue weighted by Crippen LogP contribution is 2.24. The van der Waals surface area contributed by atoms with Crippen LogP contribution in [-0.2, 0) is 6.42 Å². The lowest BCUT2D eigenvalue weighted by Crippen LogP contribution is -2.36. The molecule has 1 aliphatic rings. The highest BCUT2D eigenvalue weighted by Gasteiger charge is 2.20. The van der Waals surface area contributed by atoms with Gasteiger partial charge in [0.05, 0.1) is 0 Å². The van der Waals surface area contributed by atoms with Crippen LogP contribution in [0.25, 0.3) is 0 Å². The van der Waals surface area contributed by atoms with E-state index < -0.39 is 0 Å². The molecule has 98 valence electrons. The Labute approximate surface area is 109 Å². The summed E-state index contributed by atoms with van der Waals surface area (Å²) in [6.07, 6.45) is 3.03. The number of carbonyl (C=O) groups is 1. The highest BCUT2D eigenvalue weighted by molar-refractivity contribution is 5.95. The first-order chi connectivity index (χ1) is 8.67. The molecule has 18 heavy (non-hydrogen) atoms. The summed E-state index contributed by atoms with van der Waals surface area (Å²) in [6, 6.07) is 6.33. The molecule has 0 radical (unpaired) electrons. The smallest absolute Gasteiger partial charge is 0.253 e. The monoisotopic (exact) mass is 246 g/mol.